The molecule has 1 aromatic rings. The normalized spacial score (nSPS) is 18.1. The molecule has 1 aromatic carbocycles. The van der Waals surface area contributed by atoms with Gasteiger partial charge < -0.3 is 9.64 Å². The maximum Gasteiger partial charge on any atom is 0.410 e. The van der Waals surface area contributed by atoms with Gasteiger partial charge in [-0.1, -0.05) is 17.7 Å². The third-order valence-corrected chi connectivity index (χ3v) is 3.95. The van der Waals surface area contributed by atoms with Gasteiger partial charge in [0, 0.05) is 25.4 Å². The minimum absolute atomic E-state index is 0.0112. The van der Waals surface area contributed by atoms with Gasteiger partial charge in [-0.3, -0.25) is 4.79 Å². The summed E-state index contributed by atoms with van der Waals surface area (Å²) in [4.78, 5) is 25.9. The Labute approximate surface area is 140 Å². The van der Waals surface area contributed by atoms with Crippen molar-refractivity contribution >= 4 is 23.5 Å². The Morgan fingerprint density at radius 2 is 2.09 bits per heavy atom. The summed E-state index contributed by atoms with van der Waals surface area (Å²) in [7, 11) is 0. The van der Waals surface area contributed by atoms with E-state index in [0.717, 1.165) is 0 Å². The highest BCUT2D eigenvalue weighted by Gasteiger charge is 2.33. The fourth-order valence-corrected chi connectivity index (χ4v) is 2.71. The Kier molecular flexibility index (Phi) is 5.30. The lowest BCUT2D eigenvalue weighted by Crippen LogP contribution is -2.36. The van der Waals surface area contributed by atoms with E-state index < -0.39 is 17.5 Å². The Morgan fingerprint density at radius 1 is 1.39 bits per heavy atom. The van der Waals surface area contributed by atoms with E-state index in [4.69, 9.17) is 16.3 Å². The van der Waals surface area contributed by atoms with Crippen LogP contribution in [0.5, 0.6) is 0 Å². The largest absolute Gasteiger partial charge is 0.444 e. The van der Waals surface area contributed by atoms with E-state index in [0.29, 0.717) is 25.1 Å². The second-order valence-electron chi connectivity index (χ2n) is 6.80. The van der Waals surface area contributed by atoms with Gasteiger partial charge >= 0.3 is 6.09 Å². The molecule has 6 heteroatoms. The van der Waals surface area contributed by atoms with Crippen molar-refractivity contribution in [3.8, 4) is 0 Å². The van der Waals surface area contributed by atoms with Gasteiger partial charge in [-0.2, -0.15) is 0 Å². The van der Waals surface area contributed by atoms with Crippen LogP contribution in [0.3, 0.4) is 0 Å². The number of nitrogens with zero attached hydrogens (tertiary/aromatic N) is 1. The predicted octanol–water partition coefficient (Wildman–Crippen LogP) is 3.85. The summed E-state index contributed by atoms with van der Waals surface area (Å²) < 4.78 is 18.5. The molecule has 0 aliphatic carbocycles. The number of rotatable bonds is 3. The summed E-state index contributed by atoms with van der Waals surface area (Å²) in [6.07, 6.45) is 0.414. The molecule has 2 rings (SSSR count). The van der Waals surface area contributed by atoms with Gasteiger partial charge in [0.05, 0.1) is 5.02 Å². The average molecular weight is 342 g/mol. The van der Waals surface area contributed by atoms with E-state index in [1.54, 1.807) is 11.0 Å². The summed E-state index contributed by atoms with van der Waals surface area (Å²) in [6.45, 7) is 6.30. The number of benzene rings is 1. The minimum atomic E-state index is -0.552. The van der Waals surface area contributed by atoms with Crippen molar-refractivity contribution in [1.82, 2.24) is 4.90 Å². The van der Waals surface area contributed by atoms with Crippen molar-refractivity contribution in [1.29, 1.82) is 0 Å². The molecular formula is C17H21ClFNO3. The van der Waals surface area contributed by atoms with Crippen LogP contribution in [-0.2, 0) is 16.0 Å². The van der Waals surface area contributed by atoms with Gasteiger partial charge in [0.25, 0.3) is 0 Å². The molecule has 1 saturated heterocycles. The van der Waals surface area contributed by atoms with E-state index >= 15 is 0 Å². The lowest BCUT2D eigenvalue weighted by Gasteiger charge is -2.24. The molecule has 1 heterocycles. The van der Waals surface area contributed by atoms with Crippen LogP contribution in [0.15, 0.2) is 18.2 Å². The topological polar surface area (TPSA) is 46.6 Å². The number of Topliss-reactive ketones (excluding diaryl/α,β-unsaturated/α-hetero) is 1. The van der Waals surface area contributed by atoms with Crippen LogP contribution in [0.1, 0.15) is 32.8 Å². The molecule has 1 unspecified atom stereocenters. The van der Waals surface area contributed by atoms with E-state index in [-0.39, 0.29) is 23.1 Å². The maximum absolute atomic E-state index is 13.1. The highest BCUT2D eigenvalue weighted by atomic mass is 35.5. The van der Waals surface area contributed by atoms with Gasteiger partial charge in [0.15, 0.2) is 0 Å². The number of ether oxygens (including phenoxy) is 1. The first-order chi connectivity index (χ1) is 10.7. The summed E-state index contributed by atoms with van der Waals surface area (Å²) >= 11 is 5.73. The number of ketones is 1. The zero-order valence-electron chi connectivity index (χ0n) is 13.6. The summed E-state index contributed by atoms with van der Waals surface area (Å²) in [6, 6.07) is 4.28. The number of hydrogen-bond donors (Lipinski definition) is 0. The van der Waals surface area contributed by atoms with Crippen molar-refractivity contribution in [2.75, 3.05) is 13.1 Å². The second kappa shape index (κ2) is 6.87. The summed E-state index contributed by atoms with van der Waals surface area (Å²) in [5, 5.41) is 0.0112. The Balaban J connectivity index is 1.92. The Morgan fingerprint density at radius 3 is 2.70 bits per heavy atom. The molecule has 1 aliphatic heterocycles. The van der Waals surface area contributed by atoms with Crippen LogP contribution in [0.4, 0.5) is 9.18 Å². The number of likely N-dealkylation sites (tertiary alicyclic amines) is 1. The molecule has 0 saturated carbocycles. The highest BCUT2D eigenvalue weighted by molar-refractivity contribution is 6.30. The molecule has 23 heavy (non-hydrogen) atoms. The van der Waals surface area contributed by atoms with Gasteiger partial charge in [-0.15, -0.1) is 0 Å². The lowest BCUT2D eigenvalue weighted by molar-refractivity contribution is -0.121. The molecule has 1 atom stereocenters. The van der Waals surface area contributed by atoms with Gasteiger partial charge in [0.2, 0.25) is 0 Å². The molecule has 1 fully saturated rings. The number of carbonyl (C=O) groups excluding carboxylic acids is 2. The van der Waals surface area contributed by atoms with Crippen LogP contribution in [-0.4, -0.2) is 35.5 Å². The molecule has 0 N–H and O–H groups in total. The van der Waals surface area contributed by atoms with Gasteiger partial charge in [-0.05, 0) is 44.9 Å². The molecule has 1 aliphatic rings. The van der Waals surface area contributed by atoms with Crippen molar-refractivity contribution < 1.29 is 18.7 Å². The lowest BCUT2D eigenvalue weighted by atomic mass is 9.97. The average Bonchev–Trinajstić information content (AvgIpc) is 2.91. The smallest absolute Gasteiger partial charge is 0.410 e. The number of hydrogen-bond acceptors (Lipinski definition) is 3. The monoisotopic (exact) mass is 341 g/mol. The van der Waals surface area contributed by atoms with Gasteiger partial charge in [0.1, 0.15) is 17.2 Å². The first-order valence-corrected chi connectivity index (χ1v) is 7.98. The molecule has 0 aromatic heterocycles. The van der Waals surface area contributed by atoms with Crippen molar-refractivity contribution in [2.24, 2.45) is 5.92 Å². The molecule has 0 bridgehead atoms. The minimum Gasteiger partial charge on any atom is -0.444 e. The third kappa shape index (κ3) is 4.93. The van der Waals surface area contributed by atoms with Crippen molar-refractivity contribution in [2.45, 2.75) is 39.2 Å². The van der Waals surface area contributed by atoms with E-state index in [2.05, 4.69) is 0 Å². The number of amides is 1. The van der Waals surface area contributed by atoms with E-state index in [9.17, 15) is 14.0 Å². The summed E-state index contributed by atoms with van der Waals surface area (Å²) in [5.74, 6) is -0.690. The first kappa shape index (κ1) is 17.7. The maximum atomic E-state index is 13.1. The molecule has 0 spiro atoms. The second-order valence-corrected chi connectivity index (χ2v) is 7.21. The predicted molar refractivity (Wildman–Crippen MR) is 86.0 cm³/mol. The molecule has 4 nitrogen and oxygen atoms in total. The van der Waals surface area contributed by atoms with Crippen LogP contribution < -0.4 is 0 Å². The zero-order chi connectivity index (χ0) is 17.2. The van der Waals surface area contributed by atoms with E-state index in [1.807, 2.05) is 20.8 Å². The Bertz CT molecular complexity index is 612. The summed E-state index contributed by atoms with van der Waals surface area (Å²) in [5.41, 5.74) is 0.126. The van der Waals surface area contributed by atoms with Crippen LogP contribution >= 0.6 is 11.6 Å². The molecule has 0 radical (unpaired) electrons. The fourth-order valence-electron chi connectivity index (χ4n) is 2.51. The zero-order valence-corrected chi connectivity index (χ0v) is 14.3. The quantitative estimate of drug-likeness (QED) is 0.839. The van der Waals surface area contributed by atoms with E-state index in [1.165, 1.54) is 12.1 Å². The van der Waals surface area contributed by atoms with Crippen LogP contribution in [0.25, 0.3) is 0 Å². The molecule has 126 valence electrons. The molecule has 1 amide bonds. The molecular weight excluding hydrogens is 321 g/mol. The SMILES string of the molecule is CC(C)(C)OC(=O)N1CCC(C(=O)Cc2ccc(F)c(Cl)c2)C1. The fraction of sp³-hybridized carbons (Fsp3) is 0.529. The Hall–Kier alpha value is -1.62. The highest BCUT2D eigenvalue weighted by Crippen LogP contribution is 2.23. The number of halogens is 2. The van der Waals surface area contributed by atoms with Crippen LogP contribution in [0.2, 0.25) is 5.02 Å². The third-order valence-electron chi connectivity index (χ3n) is 3.66. The van der Waals surface area contributed by atoms with Crippen molar-refractivity contribution in [3.05, 3.63) is 34.6 Å². The van der Waals surface area contributed by atoms with Gasteiger partial charge in [-0.25, -0.2) is 9.18 Å². The van der Waals surface area contributed by atoms with Crippen LogP contribution in [0, 0.1) is 11.7 Å². The van der Waals surface area contributed by atoms with Crippen molar-refractivity contribution in [3.63, 3.8) is 0 Å². The first-order valence-electron chi connectivity index (χ1n) is 7.60. The standard InChI is InChI=1S/C17H21ClFNO3/c1-17(2,3)23-16(22)20-7-6-12(10-20)15(21)9-11-4-5-14(19)13(18)8-11/h4-5,8,12H,6-7,9-10H2,1-3H3. The number of carbonyl (C=O) groups is 2.